The summed E-state index contributed by atoms with van der Waals surface area (Å²) < 4.78 is 38.4. The van der Waals surface area contributed by atoms with E-state index in [0.717, 1.165) is 0 Å². The smallest absolute Gasteiger partial charge is 0.376 e. The maximum Gasteiger partial charge on any atom is 0.391 e. The summed E-state index contributed by atoms with van der Waals surface area (Å²) in [6, 6.07) is 0. The lowest BCUT2D eigenvalue weighted by molar-refractivity contribution is -0.155. The zero-order valence-corrected chi connectivity index (χ0v) is 5.64. The number of hydrogen-bond donors (Lipinski definition) is 2. The van der Waals surface area contributed by atoms with Crippen molar-refractivity contribution in [2.24, 2.45) is 0 Å². The average Bonchev–Trinajstić information content (AvgIpc) is 1.78. The molecule has 0 saturated carbocycles. The largest absolute Gasteiger partial charge is 0.391 e. The highest BCUT2D eigenvalue weighted by Gasteiger charge is 2.26. The number of ether oxygens (including phenoxy) is 1. The van der Waals surface area contributed by atoms with E-state index < -0.39 is 32.1 Å². The van der Waals surface area contributed by atoms with Crippen molar-refractivity contribution >= 4 is 0 Å². The van der Waals surface area contributed by atoms with Crippen LogP contribution >= 0.6 is 0 Å². The molecular formula is C5H9F3O3. The summed E-state index contributed by atoms with van der Waals surface area (Å²) in [6.07, 6.45) is -7.02. The molecule has 0 aromatic carbocycles. The van der Waals surface area contributed by atoms with Gasteiger partial charge in [0.1, 0.15) is 0 Å². The molecule has 3 nitrogen and oxygen atoms in total. The van der Waals surface area contributed by atoms with Gasteiger partial charge >= 0.3 is 6.18 Å². The minimum atomic E-state index is -4.25. The van der Waals surface area contributed by atoms with Gasteiger partial charge in [0.25, 0.3) is 0 Å². The van der Waals surface area contributed by atoms with Crippen molar-refractivity contribution in [1.29, 1.82) is 0 Å². The van der Waals surface area contributed by atoms with Crippen LogP contribution in [0.2, 0.25) is 0 Å². The van der Waals surface area contributed by atoms with Gasteiger partial charge in [-0.1, -0.05) is 0 Å². The molecule has 11 heavy (non-hydrogen) atoms. The molecule has 0 amide bonds. The predicted molar refractivity (Wildman–Crippen MR) is 29.7 cm³/mol. The zero-order valence-electron chi connectivity index (χ0n) is 5.64. The first-order chi connectivity index (χ1) is 4.92. The number of hydrogen-bond acceptors (Lipinski definition) is 3. The molecule has 0 aliphatic carbocycles. The number of halogens is 3. The van der Waals surface area contributed by atoms with Crippen molar-refractivity contribution in [3.05, 3.63) is 0 Å². The van der Waals surface area contributed by atoms with Crippen molar-refractivity contribution in [2.75, 3.05) is 13.2 Å². The van der Waals surface area contributed by atoms with Gasteiger partial charge in [-0.15, -0.1) is 0 Å². The number of aliphatic hydroxyl groups excluding tert-OH is 1. The number of aliphatic hydroxyl groups is 2. The van der Waals surface area contributed by atoms with Gasteiger partial charge in [-0.05, 0) is 0 Å². The van der Waals surface area contributed by atoms with Crippen molar-refractivity contribution in [3.63, 3.8) is 0 Å². The highest BCUT2D eigenvalue weighted by atomic mass is 19.4. The summed E-state index contributed by atoms with van der Waals surface area (Å²) in [4.78, 5) is 0. The van der Waals surface area contributed by atoms with Crippen LogP contribution in [0.15, 0.2) is 0 Å². The Morgan fingerprint density at radius 1 is 1.27 bits per heavy atom. The van der Waals surface area contributed by atoms with E-state index >= 15 is 0 Å². The van der Waals surface area contributed by atoms with Crippen molar-refractivity contribution in [3.8, 4) is 0 Å². The first kappa shape index (κ1) is 10.7. The van der Waals surface area contributed by atoms with Gasteiger partial charge in [0, 0.05) is 0 Å². The van der Waals surface area contributed by atoms with Crippen molar-refractivity contribution in [2.45, 2.75) is 18.9 Å². The number of rotatable bonds is 4. The summed E-state index contributed by atoms with van der Waals surface area (Å²) in [7, 11) is 0. The molecule has 0 radical (unpaired) electrons. The molecule has 0 aliphatic heterocycles. The quantitative estimate of drug-likeness (QED) is 0.475. The van der Waals surface area contributed by atoms with Crippen LogP contribution in [0.25, 0.3) is 0 Å². The summed E-state index contributed by atoms with van der Waals surface area (Å²) in [5, 5.41) is 16.3. The molecule has 0 spiro atoms. The Bertz CT molecular complexity index is 102. The number of alkyl halides is 3. The van der Waals surface area contributed by atoms with Crippen LogP contribution in [0.4, 0.5) is 13.2 Å². The summed E-state index contributed by atoms with van der Waals surface area (Å²) in [5.74, 6) is 0. The van der Waals surface area contributed by atoms with E-state index in [0.29, 0.717) is 0 Å². The standard InChI is InChI=1S/C5H9F3O3/c6-5(7,8)1-2-11-3-4(9)10/h4,9-10H,1-3H2. The molecule has 0 atom stereocenters. The Balaban J connectivity index is 3.15. The Kier molecular flexibility index (Phi) is 4.39. The van der Waals surface area contributed by atoms with Gasteiger partial charge in [-0.2, -0.15) is 13.2 Å². The minimum absolute atomic E-state index is 0.490. The fourth-order valence-electron chi connectivity index (χ4n) is 0.377. The van der Waals surface area contributed by atoms with Crippen LogP contribution in [0.5, 0.6) is 0 Å². The van der Waals surface area contributed by atoms with E-state index in [4.69, 9.17) is 10.2 Å². The second-order valence-corrected chi connectivity index (χ2v) is 1.92. The average molecular weight is 174 g/mol. The van der Waals surface area contributed by atoms with Gasteiger partial charge in [-0.25, -0.2) is 0 Å². The molecule has 0 heterocycles. The van der Waals surface area contributed by atoms with Gasteiger partial charge in [-0.3, -0.25) is 0 Å². The third kappa shape index (κ3) is 9.67. The molecule has 2 N–H and O–H groups in total. The maximum absolute atomic E-state index is 11.4. The van der Waals surface area contributed by atoms with Gasteiger partial charge < -0.3 is 14.9 Å². The zero-order chi connectivity index (χ0) is 8.91. The normalized spacial score (nSPS) is 12.5. The summed E-state index contributed by atoms with van der Waals surface area (Å²) in [5.41, 5.74) is 0. The second-order valence-electron chi connectivity index (χ2n) is 1.92. The van der Waals surface area contributed by atoms with Gasteiger partial charge in [0.2, 0.25) is 0 Å². The Labute approximate surface area is 61.4 Å². The molecule has 0 aromatic rings. The Hall–Kier alpha value is -0.330. The fourth-order valence-corrected chi connectivity index (χ4v) is 0.377. The SMILES string of the molecule is OC(O)COCCC(F)(F)F. The van der Waals surface area contributed by atoms with E-state index in [2.05, 4.69) is 4.74 Å². The van der Waals surface area contributed by atoms with Crippen LogP contribution in [-0.4, -0.2) is 35.9 Å². The minimum Gasteiger partial charge on any atom is -0.376 e. The molecule has 0 aromatic heterocycles. The molecule has 0 bridgehead atoms. The van der Waals surface area contributed by atoms with Gasteiger partial charge in [0.05, 0.1) is 19.6 Å². The van der Waals surface area contributed by atoms with Crippen LogP contribution in [-0.2, 0) is 4.74 Å². The van der Waals surface area contributed by atoms with E-state index in [1.54, 1.807) is 0 Å². The third-order valence-corrected chi connectivity index (χ3v) is 0.797. The van der Waals surface area contributed by atoms with E-state index in [1.165, 1.54) is 0 Å². The lowest BCUT2D eigenvalue weighted by Crippen LogP contribution is -2.17. The summed E-state index contributed by atoms with van der Waals surface area (Å²) in [6.45, 7) is -1.03. The van der Waals surface area contributed by atoms with Crippen molar-refractivity contribution < 1.29 is 28.1 Å². The van der Waals surface area contributed by atoms with Crippen LogP contribution < -0.4 is 0 Å². The van der Waals surface area contributed by atoms with Crippen molar-refractivity contribution in [1.82, 2.24) is 0 Å². The van der Waals surface area contributed by atoms with E-state index in [1.807, 2.05) is 0 Å². The maximum atomic E-state index is 11.4. The highest BCUT2D eigenvalue weighted by molar-refractivity contribution is 4.47. The van der Waals surface area contributed by atoms with E-state index in [9.17, 15) is 13.2 Å². The lowest BCUT2D eigenvalue weighted by atomic mass is 10.4. The Morgan fingerprint density at radius 3 is 2.18 bits per heavy atom. The molecular weight excluding hydrogens is 165 g/mol. The molecule has 0 unspecified atom stereocenters. The molecule has 6 heteroatoms. The van der Waals surface area contributed by atoms with Crippen LogP contribution in [0, 0.1) is 0 Å². The first-order valence-corrected chi connectivity index (χ1v) is 2.92. The monoisotopic (exact) mass is 174 g/mol. The predicted octanol–water partition coefficient (Wildman–Crippen LogP) is 0.266. The van der Waals surface area contributed by atoms with E-state index in [-0.39, 0.29) is 0 Å². The van der Waals surface area contributed by atoms with Crippen LogP contribution in [0.3, 0.4) is 0 Å². The summed E-state index contributed by atoms with van der Waals surface area (Å²) >= 11 is 0. The second kappa shape index (κ2) is 4.53. The third-order valence-electron chi connectivity index (χ3n) is 0.797. The molecule has 0 fully saturated rings. The molecule has 0 saturated heterocycles. The molecule has 0 rings (SSSR count). The lowest BCUT2D eigenvalue weighted by Gasteiger charge is -2.07. The van der Waals surface area contributed by atoms with Crippen LogP contribution in [0.1, 0.15) is 6.42 Å². The molecule has 68 valence electrons. The fraction of sp³-hybridized carbons (Fsp3) is 1.00. The first-order valence-electron chi connectivity index (χ1n) is 2.92. The van der Waals surface area contributed by atoms with Gasteiger partial charge in [0.15, 0.2) is 6.29 Å². The Morgan fingerprint density at radius 2 is 1.82 bits per heavy atom. The highest BCUT2D eigenvalue weighted by Crippen LogP contribution is 2.18. The topological polar surface area (TPSA) is 49.7 Å². The molecule has 0 aliphatic rings.